The summed E-state index contributed by atoms with van der Waals surface area (Å²) in [4.78, 5) is 18.7. The molecule has 0 saturated carbocycles. The van der Waals surface area contributed by atoms with E-state index >= 15 is 0 Å². The van der Waals surface area contributed by atoms with Gasteiger partial charge in [-0.1, -0.05) is 0 Å². The predicted molar refractivity (Wildman–Crippen MR) is 70.8 cm³/mol. The predicted octanol–water partition coefficient (Wildman–Crippen LogP) is 0.278. The molecular weight excluding hydrogens is 245 g/mol. The highest BCUT2D eigenvalue weighted by atomic mass is 19.1. The normalized spacial score (nSPS) is 17.1. The lowest BCUT2D eigenvalue weighted by Gasteiger charge is -2.29. The summed E-state index contributed by atoms with van der Waals surface area (Å²) >= 11 is 0. The average Bonchev–Trinajstić information content (AvgIpc) is 2.81. The second-order valence-electron chi connectivity index (χ2n) is 5.16. The number of carbonyl (C=O) groups excluding carboxylic acids is 1. The molecule has 3 rings (SSSR count). The number of halogens is 1. The molecule has 1 aliphatic heterocycles. The van der Waals surface area contributed by atoms with E-state index in [1.807, 2.05) is 4.90 Å². The maximum Gasteiger partial charge on any atom is 0.270 e. The molecule has 0 radical (unpaired) electrons. The Morgan fingerprint density at radius 1 is 1.32 bits per heavy atom. The Labute approximate surface area is 110 Å². The fourth-order valence-electron chi connectivity index (χ4n) is 2.48. The number of nitrogens with one attached hydrogen (secondary N) is 2. The smallest absolute Gasteiger partial charge is 0.270 e. The molecule has 5 heteroatoms. The fourth-order valence-corrected chi connectivity index (χ4v) is 2.48. The Bertz CT molecular complexity index is 614. The monoisotopic (exact) mass is 262 g/mol. The zero-order valence-corrected chi connectivity index (χ0v) is 10.9. The highest BCUT2D eigenvalue weighted by Crippen LogP contribution is 2.17. The van der Waals surface area contributed by atoms with E-state index < -0.39 is 0 Å². The third kappa shape index (κ3) is 2.33. The lowest BCUT2D eigenvalue weighted by molar-refractivity contribution is -0.883. The van der Waals surface area contributed by atoms with Crippen molar-refractivity contribution in [1.29, 1.82) is 0 Å². The van der Waals surface area contributed by atoms with Gasteiger partial charge in [0, 0.05) is 10.9 Å². The second kappa shape index (κ2) is 4.66. The number of rotatable bonds is 1. The summed E-state index contributed by atoms with van der Waals surface area (Å²) in [6, 6.07) is 6.23. The largest absolute Gasteiger partial charge is 0.351 e. The minimum absolute atomic E-state index is 0.00380. The van der Waals surface area contributed by atoms with Crippen LogP contribution in [-0.2, 0) is 0 Å². The summed E-state index contributed by atoms with van der Waals surface area (Å²) in [6.45, 7) is 3.49. The summed E-state index contributed by atoms with van der Waals surface area (Å²) in [6.07, 6.45) is 0. The number of H-pyrrole nitrogens is 1. The molecule has 1 fully saturated rings. The van der Waals surface area contributed by atoms with Crippen molar-refractivity contribution >= 4 is 16.8 Å². The number of aromatic nitrogens is 1. The van der Waals surface area contributed by atoms with Crippen LogP contribution in [-0.4, -0.2) is 49.0 Å². The topological polar surface area (TPSA) is 40.5 Å². The number of benzene rings is 1. The lowest BCUT2D eigenvalue weighted by atomic mass is 10.2. The van der Waals surface area contributed by atoms with Gasteiger partial charge in [-0.25, -0.2) is 4.39 Å². The van der Waals surface area contributed by atoms with Crippen LogP contribution in [0.25, 0.3) is 10.9 Å². The van der Waals surface area contributed by atoms with Crippen LogP contribution in [0.3, 0.4) is 0 Å². The Kier molecular flexibility index (Phi) is 2.98. The molecule has 100 valence electrons. The number of aromatic amines is 1. The molecule has 1 aromatic carbocycles. The van der Waals surface area contributed by atoms with Crippen LogP contribution in [0.1, 0.15) is 10.5 Å². The Morgan fingerprint density at radius 2 is 2.05 bits per heavy atom. The Balaban J connectivity index is 1.85. The number of quaternary nitrogens is 1. The number of piperazine rings is 1. The average molecular weight is 262 g/mol. The van der Waals surface area contributed by atoms with Crippen LogP contribution in [0.4, 0.5) is 4.39 Å². The van der Waals surface area contributed by atoms with Crippen LogP contribution in [0.15, 0.2) is 24.3 Å². The minimum atomic E-state index is -0.284. The highest BCUT2D eigenvalue weighted by molar-refractivity contribution is 5.98. The fraction of sp³-hybridized carbons (Fsp3) is 0.357. The first-order valence-electron chi connectivity index (χ1n) is 6.52. The van der Waals surface area contributed by atoms with E-state index in [0.717, 1.165) is 37.1 Å². The second-order valence-corrected chi connectivity index (χ2v) is 5.16. The van der Waals surface area contributed by atoms with Crippen LogP contribution < -0.4 is 4.90 Å². The summed E-state index contributed by atoms with van der Waals surface area (Å²) in [5, 5.41) is 0.739. The maximum absolute atomic E-state index is 13.1. The third-order valence-corrected chi connectivity index (χ3v) is 3.72. The van der Waals surface area contributed by atoms with E-state index in [1.54, 1.807) is 12.1 Å². The number of amides is 1. The molecule has 2 heterocycles. The minimum Gasteiger partial charge on any atom is -0.351 e. The third-order valence-electron chi connectivity index (χ3n) is 3.72. The van der Waals surface area contributed by atoms with Crippen molar-refractivity contribution in [2.24, 2.45) is 0 Å². The number of carbonyl (C=O) groups is 1. The van der Waals surface area contributed by atoms with Crippen LogP contribution in [0.5, 0.6) is 0 Å². The molecule has 1 aromatic heterocycles. The van der Waals surface area contributed by atoms with Crippen LogP contribution in [0, 0.1) is 5.82 Å². The molecule has 0 unspecified atom stereocenters. The molecule has 1 saturated heterocycles. The molecule has 1 amide bonds. The van der Waals surface area contributed by atoms with E-state index in [0.29, 0.717) is 5.69 Å². The molecule has 0 spiro atoms. The highest BCUT2D eigenvalue weighted by Gasteiger charge is 2.23. The van der Waals surface area contributed by atoms with Gasteiger partial charge in [-0.3, -0.25) is 4.79 Å². The van der Waals surface area contributed by atoms with Crippen LogP contribution in [0.2, 0.25) is 0 Å². The van der Waals surface area contributed by atoms with Crippen molar-refractivity contribution < 1.29 is 14.1 Å². The first-order chi connectivity index (χ1) is 9.13. The van der Waals surface area contributed by atoms with Gasteiger partial charge in [-0.05, 0) is 24.3 Å². The SMILES string of the molecule is C[NH+]1CCN(C(=O)c2cc3cc(F)ccc3[nH]2)CC1. The summed E-state index contributed by atoms with van der Waals surface area (Å²) in [7, 11) is 2.13. The summed E-state index contributed by atoms with van der Waals surface area (Å²) < 4.78 is 13.1. The maximum atomic E-state index is 13.1. The molecule has 19 heavy (non-hydrogen) atoms. The molecule has 0 bridgehead atoms. The standard InChI is InChI=1S/C14H16FN3O/c1-17-4-6-18(7-5-17)14(19)13-9-10-8-11(15)2-3-12(10)16-13/h2-3,8-9,16H,4-7H2,1H3/p+1. The zero-order valence-electron chi connectivity index (χ0n) is 10.9. The molecule has 0 aliphatic carbocycles. The van der Waals surface area contributed by atoms with Gasteiger partial charge < -0.3 is 14.8 Å². The molecular formula is C14H17FN3O+. The Hall–Kier alpha value is -1.88. The Morgan fingerprint density at radius 3 is 2.79 bits per heavy atom. The first-order valence-corrected chi connectivity index (χ1v) is 6.52. The van der Waals surface area contributed by atoms with Crippen molar-refractivity contribution in [2.45, 2.75) is 0 Å². The van der Waals surface area contributed by atoms with E-state index in [-0.39, 0.29) is 11.7 Å². The zero-order chi connectivity index (χ0) is 13.4. The van der Waals surface area contributed by atoms with Gasteiger partial charge in [0.1, 0.15) is 11.5 Å². The van der Waals surface area contributed by atoms with E-state index in [4.69, 9.17) is 0 Å². The number of fused-ring (bicyclic) bond motifs is 1. The van der Waals surface area contributed by atoms with Gasteiger partial charge in [-0.15, -0.1) is 0 Å². The summed E-state index contributed by atoms with van der Waals surface area (Å²) in [5.74, 6) is -0.280. The van der Waals surface area contributed by atoms with Crippen LogP contribution >= 0.6 is 0 Å². The van der Waals surface area contributed by atoms with Gasteiger partial charge in [0.15, 0.2) is 0 Å². The van der Waals surface area contributed by atoms with Gasteiger partial charge in [0.2, 0.25) is 0 Å². The van der Waals surface area contributed by atoms with E-state index in [9.17, 15) is 9.18 Å². The quantitative estimate of drug-likeness (QED) is 0.761. The number of hydrogen-bond donors (Lipinski definition) is 2. The van der Waals surface area contributed by atoms with Gasteiger partial charge in [-0.2, -0.15) is 0 Å². The first kappa shape index (κ1) is 12.2. The van der Waals surface area contributed by atoms with Crippen molar-refractivity contribution in [3.8, 4) is 0 Å². The van der Waals surface area contributed by atoms with E-state index in [2.05, 4.69) is 12.0 Å². The molecule has 2 aromatic rings. The van der Waals surface area contributed by atoms with Crippen molar-refractivity contribution in [2.75, 3.05) is 33.2 Å². The van der Waals surface area contributed by atoms with Crippen molar-refractivity contribution in [1.82, 2.24) is 9.88 Å². The molecule has 2 N–H and O–H groups in total. The molecule has 0 atom stereocenters. The number of nitrogens with zero attached hydrogens (tertiary/aromatic N) is 1. The van der Waals surface area contributed by atoms with E-state index in [1.165, 1.54) is 17.0 Å². The van der Waals surface area contributed by atoms with Crippen molar-refractivity contribution in [3.05, 3.63) is 35.8 Å². The van der Waals surface area contributed by atoms with Gasteiger partial charge in [0.25, 0.3) is 5.91 Å². The number of hydrogen-bond acceptors (Lipinski definition) is 1. The van der Waals surface area contributed by atoms with Crippen molar-refractivity contribution in [3.63, 3.8) is 0 Å². The molecule has 4 nitrogen and oxygen atoms in total. The van der Waals surface area contributed by atoms with Gasteiger partial charge in [0.05, 0.1) is 33.2 Å². The summed E-state index contributed by atoms with van der Waals surface area (Å²) in [5.41, 5.74) is 1.34. The van der Waals surface area contributed by atoms with Gasteiger partial charge >= 0.3 is 0 Å². The number of likely N-dealkylation sites (N-methyl/N-ethyl adjacent to an activating group) is 1. The lowest BCUT2D eigenvalue weighted by Crippen LogP contribution is -3.12. The molecule has 1 aliphatic rings.